The molecule has 10 nitrogen and oxygen atoms in total. The van der Waals surface area contributed by atoms with E-state index in [1.54, 1.807) is 36.4 Å². The number of primary amides is 1. The van der Waals surface area contributed by atoms with E-state index in [1.807, 2.05) is 0 Å². The molecule has 2 aromatic carbocycles. The van der Waals surface area contributed by atoms with E-state index in [4.69, 9.17) is 5.73 Å². The topological polar surface area (TPSA) is 175 Å². The lowest BCUT2D eigenvalue weighted by Crippen LogP contribution is -2.75. The van der Waals surface area contributed by atoms with Gasteiger partial charge in [0.25, 0.3) is 0 Å². The first-order valence-electron chi connectivity index (χ1n) is 12.2. The molecular formula is C28H28N2O8. The molecule has 2 aromatic rings. The van der Waals surface area contributed by atoms with Crippen LogP contribution >= 0.6 is 0 Å². The quantitative estimate of drug-likeness (QED) is 0.412. The van der Waals surface area contributed by atoms with Gasteiger partial charge in [-0.3, -0.25) is 28.9 Å². The lowest BCUT2D eigenvalue weighted by Gasteiger charge is -2.55. The third-order valence-electron chi connectivity index (χ3n) is 8.57. The molecule has 3 aliphatic rings. The first-order valence-corrected chi connectivity index (χ1v) is 12.2. The van der Waals surface area contributed by atoms with E-state index in [-0.39, 0.29) is 17.5 Å². The molecular weight excluding hydrogens is 492 g/mol. The summed E-state index contributed by atoms with van der Waals surface area (Å²) in [6, 6.07) is 10.5. The number of carbonyl (C=O) groups is 5. The number of likely N-dealkylation sites (N-methyl/N-ethyl adjacent to an activating group) is 1. The van der Waals surface area contributed by atoms with Crippen molar-refractivity contribution in [2.75, 3.05) is 14.1 Å². The second-order valence-electron chi connectivity index (χ2n) is 10.8. The van der Waals surface area contributed by atoms with E-state index in [1.165, 1.54) is 32.0 Å². The van der Waals surface area contributed by atoms with Gasteiger partial charge in [0, 0.05) is 17.4 Å². The predicted molar refractivity (Wildman–Crippen MR) is 133 cm³/mol. The van der Waals surface area contributed by atoms with Gasteiger partial charge in [0.1, 0.15) is 5.75 Å². The number of amides is 1. The number of aliphatic hydroxyl groups is 2. The second kappa shape index (κ2) is 8.39. The van der Waals surface area contributed by atoms with Crippen LogP contribution in [-0.2, 0) is 24.8 Å². The number of aromatic hydroxyl groups is 1. The summed E-state index contributed by atoms with van der Waals surface area (Å²) in [6.45, 7) is 1.42. The summed E-state index contributed by atoms with van der Waals surface area (Å²) in [4.78, 5) is 68.0. The highest BCUT2D eigenvalue weighted by Gasteiger charge is 2.71. The molecule has 0 radical (unpaired) electrons. The number of phenols is 1. The fourth-order valence-corrected chi connectivity index (χ4v) is 6.87. The van der Waals surface area contributed by atoms with Gasteiger partial charge in [-0.2, -0.15) is 0 Å². The number of hydrogen-bond acceptors (Lipinski definition) is 9. The normalized spacial score (nSPS) is 34.5. The summed E-state index contributed by atoms with van der Waals surface area (Å²) in [5.74, 6) is -12.3. The predicted octanol–water partition coefficient (Wildman–Crippen LogP) is 0.199. The summed E-state index contributed by atoms with van der Waals surface area (Å²) in [5.41, 5.74) is 1.56. The molecule has 198 valence electrons. The maximum absolute atomic E-state index is 14.0. The lowest BCUT2D eigenvalue weighted by atomic mass is 9.49. The molecule has 0 bridgehead atoms. The Hall–Kier alpha value is -3.73. The molecule has 0 aromatic heterocycles. The molecule has 5 N–H and O–H groups in total. The number of ketones is 4. The highest BCUT2D eigenvalue weighted by Crippen LogP contribution is 2.57. The number of nitrogens with two attached hydrogens (primary N) is 1. The second-order valence-corrected chi connectivity index (χ2v) is 10.8. The maximum atomic E-state index is 14.0. The highest BCUT2D eigenvalue weighted by molar-refractivity contribution is 6.32. The van der Waals surface area contributed by atoms with E-state index in [2.05, 4.69) is 0 Å². The molecule has 0 spiro atoms. The largest absolute Gasteiger partial charge is 0.507 e. The molecule has 0 saturated heterocycles. The smallest absolute Gasteiger partial charge is 0.235 e. The fraction of sp³-hybridized carbons (Fsp3) is 0.393. The summed E-state index contributed by atoms with van der Waals surface area (Å²) < 4.78 is 0. The van der Waals surface area contributed by atoms with Crippen LogP contribution in [0.15, 0.2) is 42.5 Å². The number of Topliss-reactive ketones (excluding diaryl/α,β-unsaturated/α-hetero) is 4. The van der Waals surface area contributed by atoms with Crippen molar-refractivity contribution in [3.8, 4) is 16.9 Å². The first kappa shape index (κ1) is 25.9. The molecule has 3 unspecified atom stereocenters. The zero-order valence-corrected chi connectivity index (χ0v) is 21.0. The third kappa shape index (κ3) is 3.20. The third-order valence-corrected chi connectivity index (χ3v) is 8.57. The van der Waals surface area contributed by atoms with E-state index in [0.717, 1.165) is 0 Å². The Morgan fingerprint density at radius 1 is 0.974 bits per heavy atom. The number of rotatable bonds is 3. The van der Waals surface area contributed by atoms with Crippen molar-refractivity contribution < 1.29 is 39.3 Å². The Morgan fingerprint density at radius 3 is 2.18 bits per heavy atom. The first-order chi connectivity index (χ1) is 17.8. The monoisotopic (exact) mass is 520 g/mol. The van der Waals surface area contributed by atoms with Crippen molar-refractivity contribution in [2.24, 2.45) is 29.4 Å². The van der Waals surface area contributed by atoms with Gasteiger partial charge in [0.05, 0.1) is 23.1 Å². The summed E-state index contributed by atoms with van der Waals surface area (Å²) in [5, 5.41) is 34.5. The van der Waals surface area contributed by atoms with Gasteiger partial charge in [-0.05, 0) is 44.6 Å². The number of benzene rings is 2. The van der Waals surface area contributed by atoms with Crippen molar-refractivity contribution in [3.63, 3.8) is 0 Å². The van der Waals surface area contributed by atoms with Gasteiger partial charge in [-0.25, -0.2) is 0 Å². The van der Waals surface area contributed by atoms with Gasteiger partial charge in [0.15, 0.2) is 34.7 Å². The van der Waals surface area contributed by atoms with Crippen molar-refractivity contribution in [3.05, 3.63) is 53.6 Å². The van der Waals surface area contributed by atoms with E-state index < -0.39 is 75.7 Å². The molecule has 2 saturated carbocycles. The zero-order chi connectivity index (χ0) is 27.9. The minimum atomic E-state index is -2.86. The van der Waals surface area contributed by atoms with Crippen LogP contribution in [0.3, 0.4) is 0 Å². The minimum absolute atomic E-state index is 0.123. The average Bonchev–Trinajstić information content (AvgIpc) is 2.84. The fourth-order valence-electron chi connectivity index (χ4n) is 6.87. The van der Waals surface area contributed by atoms with Crippen LogP contribution in [0.1, 0.15) is 29.3 Å². The Bertz CT molecular complexity index is 1420. The van der Waals surface area contributed by atoms with Crippen molar-refractivity contribution >= 4 is 29.0 Å². The average molecular weight is 521 g/mol. The SMILES string of the molecule is CN(C)[C@@H]1C(=O)C(C(N)=O)C(=O)[C@@]2(O)C(=O)C3C(=O)c4c(O)ccc(-c5ccccc5)c4C(C)(O)[C@H]3C[C@@H]12. The Balaban J connectivity index is 1.75. The number of fused-ring (bicyclic) bond motifs is 3. The van der Waals surface area contributed by atoms with Crippen LogP contribution in [0.5, 0.6) is 5.75 Å². The number of hydrogen-bond donors (Lipinski definition) is 4. The zero-order valence-electron chi connectivity index (χ0n) is 21.0. The Labute approximate surface area is 218 Å². The van der Waals surface area contributed by atoms with Crippen LogP contribution in [-0.4, -0.2) is 75.0 Å². The van der Waals surface area contributed by atoms with Crippen molar-refractivity contribution in [2.45, 2.75) is 30.6 Å². The summed E-state index contributed by atoms with van der Waals surface area (Å²) in [6.07, 6.45) is -0.263. The van der Waals surface area contributed by atoms with E-state index >= 15 is 0 Å². The van der Waals surface area contributed by atoms with E-state index in [9.17, 15) is 39.3 Å². The van der Waals surface area contributed by atoms with Crippen LogP contribution in [0, 0.1) is 23.7 Å². The van der Waals surface area contributed by atoms with Crippen LogP contribution in [0.2, 0.25) is 0 Å². The molecule has 10 heteroatoms. The summed E-state index contributed by atoms with van der Waals surface area (Å²) in [7, 11) is 3.00. The maximum Gasteiger partial charge on any atom is 0.235 e. The summed E-state index contributed by atoms with van der Waals surface area (Å²) >= 11 is 0. The molecule has 38 heavy (non-hydrogen) atoms. The van der Waals surface area contributed by atoms with Gasteiger partial charge < -0.3 is 21.1 Å². The van der Waals surface area contributed by atoms with E-state index in [0.29, 0.717) is 11.1 Å². The van der Waals surface area contributed by atoms with Crippen LogP contribution < -0.4 is 5.73 Å². The Kier molecular flexibility index (Phi) is 5.72. The van der Waals surface area contributed by atoms with Gasteiger partial charge in [-0.15, -0.1) is 0 Å². The molecule has 0 aliphatic heterocycles. The molecule has 5 rings (SSSR count). The Morgan fingerprint density at radius 2 is 1.61 bits per heavy atom. The van der Waals surface area contributed by atoms with Crippen LogP contribution in [0.4, 0.5) is 0 Å². The molecule has 7 atom stereocenters. The highest BCUT2D eigenvalue weighted by atomic mass is 16.3. The molecule has 2 fully saturated rings. The minimum Gasteiger partial charge on any atom is -0.507 e. The van der Waals surface area contributed by atoms with Gasteiger partial charge in [-0.1, -0.05) is 36.4 Å². The molecule has 0 heterocycles. The van der Waals surface area contributed by atoms with Gasteiger partial charge >= 0.3 is 0 Å². The number of phenolic OH excluding ortho intramolecular Hbond substituents is 1. The van der Waals surface area contributed by atoms with Crippen molar-refractivity contribution in [1.29, 1.82) is 0 Å². The lowest BCUT2D eigenvalue weighted by molar-refractivity contribution is -0.188. The van der Waals surface area contributed by atoms with Crippen molar-refractivity contribution in [1.82, 2.24) is 4.90 Å². The number of carbonyl (C=O) groups excluding carboxylic acids is 5. The number of nitrogens with zero attached hydrogens (tertiary/aromatic N) is 1. The van der Waals surface area contributed by atoms with Crippen LogP contribution in [0.25, 0.3) is 11.1 Å². The standard InChI is InChI=1S/C28H28N2O8/c1-27(37)14-11-15-21(30(2)3)23(33)19(26(29)36)25(35)28(15,38)24(34)17(14)22(32)18-16(31)10-9-13(20(18)27)12-7-5-4-6-8-12/h4-10,14-15,17,19,21,31,37-38H,11H2,1-3H3,(H2,29,36)/t14-,15-,17?,19?,21-,27?,28-/m0/s1. The molecule has 1 amide bonds. The molecule has 3 aliphatic carbocycles. The van der Waals surface area contributed by atoms with Gasteiger partial charge in [0.2, 0.25) is 5.91 Å².